The smallest absolute Gasteiger partial charge is 0.264 e. The van der Waals surface area contributed by atoms with Crippen LogP contribution in [0.1, 0.15) is 25.5 Å². The number of sulfonamides is 1. The van der Waals surface area contributed by atoms with Crippen LogP contribution in [0.5, 0.6) is 0 Å². The first-order chi connectivity index (χ1) is 10.9. The van der Waals surface area contributed by atoms with Crippen LogP contribution in [0.4, 0.5) is 5.82 Å². The quantitative estimate of drug-likeness (QED) is 0.783. The summed E-state index contributed by atoms with van der Waals surface area (Å²) in [6.45, 7) is 4.08. The Balaban J connectivity index is 2.07. The second-order valence-electron chi connectivity index (χ2n) is 5.34. The van der Waals surface area contributed by atoms with E-state index in [-0.39, 0.29) is 21.7 Å². The van der Waals surface area contributed by atoms with Gasteiger partial charge in [0.25, 0.3) is 10.0 Å². The van der Waals surface area contributed by atoms with E-state index >= 15 is 0 Å². The molecule has 0 bridgehead atoms. The van der Waals surface area contributed by atoms with Gasteiger partial charge in [-0.1, -0.05) is 37.6 Å². The first kappa shape index (κ1) is 15.8. The fourth-order valence-corrected chi connectivity index (χ4v) is 3.81. The number of nitrogens with one attached hydrogen (secondary N) is 1. The number of rotatable bonds is 4. The molecular weight excluding hydrogens is 336 g/mol. The normalized spacial score (nSPS) is 12.0. The Bertz CT molecular complexity index is 967. The topological polar surface area (TPSA) is 76.4 Å². The van der Waals surface area contributed by atoms with E-state index < -0.39 is 10.0 Å². The van der Waals surface area contributed by atoms with Crippen molar-refractivity contribution >= 4 is 33.1 Å². The Kier molecular flexibility index (Phi) is 3.99. The lowest BCUT2D eigenvalue weighted by Crippen LogP contribution is -2.15. The highest BCUT2D eigenvalue weighted by Gasteiger charge is 2.20. The lowest BCUT2D eigenvalue weighted by atomic mass is 10.1. The predicted octanol–water partition coefficient (Wildman–Crippen LogP) is 3.31. The molecular formula is C15H15ClN4O2S. The predicted molar refractivity (Wildman–Crippen MR) is 89.3 cm³/mol. The number of hydrogen-bond donors (Lipinski definition) is 1. The first-order valence-electron chi connectivity index (χ1n) is 6.99. The van der Waals surface area contributed by atoms with Crippen molar-refractivity contribution in [2.75, 3.05) is 4.72 Å². The molecule has 3 rings (SSSR count). The van der Waals surface area contributed by atoms with Gasteiger partial charge >= 0.3 is 0 Å². The zero-order valence-corrected chi connectivity index (χ0v) is 14.1. The molecule has 0 unspecified atom stereocenters. The molecule has 8 heteroatoms. The molecule has 2 aromatic heterocycles. The molecule has 2 heterocycles. The zero-order valence-electron chi connectivity index (χ0n) is 12.6. The summed E-state index contributed by atoms with van der Waals surface area (Å²) < 4.78 is 29.4. The third-order valence-electron chi connectivity index (χ3n) is 3.41. The number of halogens is 1. The zero-order chi connectivity index (χ0) is 16.6. The van der Waals surface area contributed by atoms with Crippen LogP contribution in [-0.2, 0) is 10.0 Å². The number of anilines is 1. The monoisotopic (exact) mass is 350 g/mol. The molecule has 3 aromatic rings. The average Bonchev–Trinajstić information content (AvgIpc) is 2.92. The van der Waals surface area contributed by atoms with Crippen molar-refractivity contribution < 1.29 is 8.42 Å². The van der Waals surface area contributed by atoms with E-state index in [0.29, 0.717) is 5.65 Å². The van der Waals surface area contributed by atoms with Gasteiger partial charge in [0, 0.05) is 24.3 Å². The maximum absolute atomic E-state index is 12.5. The summed E-state index contributed by atoms with van der Waals surface area (Å²) >= 11 is 5.98. The van der Waals surface area contributed by atoms with E-state index in [1.165, 1.54) is 18.3 Å². The second-order valence-corrected chi connectivity index (χ2v) is 7.40. The highest BCUT2D eigenvalue weighted by molar-refractivity contribution is 7.92. The van der Waals surface area contributed by atoms with Gasteiger partial charge in [-0.05, 0) is 18.1 Å². The molecule has 120 valence electrons. The summed E-state index contributed by atoms with van der Waals surface area (Å²) in [5.41, 5.74) is 1.42. The van der Waals surface area contributed by atoms with Gasteiger partial charge in [0.1, 0.15) is 4.90 Å². The molecule has 0 saturated heterocycles. The summed E-state index contributed by atoms with van der Waals surface area (Å²) in [6, 6.07) is 6.25. The Morgan fingerprint density at radius 3 is 2.65 bits per heavy atom. The van der Waals surface area contributed by atoms with Crippen LogP contribution in [0.2, 0.25) is 5.02 Å². The van der Waals surface area contributed by atoms with Crippen molar-refractivity contribution in [2.24, 2.45) is 0 Å². The fraction of sp³-hybridized carbons (Fsp3) is 0.200. The summed E-state index contributed by atoms with van der Waals surface area (Å²) in [5, 5.41) is 0.151. The average molecular weight is 351 g/mol. The summed E-state index contributed by atoms with van der Waals surface area (Å²) in [7, 11) is -3.84. The molecule has 0 aliphatic carbocycles. The Morgan fingerprint density at radius 2 is 1.96 bits per heavy atom. The van der Waals surface area contributed by atoms with Gasteiger partial charge in [0.2, 0.25) is 0 Å². The Labute approximate surface area is 139 Å². The fourth-order valence-electron chi connectivity index (χ4n) is 2.28. The molecule has 1 N–H and O–H groups in total. The molecule has 0 spiro atoms. The van der Waals surface area contributed by atoms with Gasteiger partial charge in [-0.2, -0.15) is 0 Å². The van der Waals surface area contributed by atoms with Crippen LogP contribution < -0.4 is 4.72 Å². The highest BCUT2D eigenvalue weighted by atomic mass is 35.5. The molecule has 0 atom stereocenters. The minimum atomic E-state index is -3.84. The van der Waals surface area contributed by atoms with Crippen molar-refractivity contribution in [3.63, 3.8) is 0 Å². The van der Waals surface area contributed by atoms with Crippen LogP contribution in [-0.4, -0.2) is 22.8 Å². The third kappa shape index (κ3) is 2.89. The highest BCUT2D eigenvalue weighted by Crippen LogP contribution is 2.25. The van der Waals surface area contributed by atoms with E-state index in [4.69, 9.17) is 11.6 Å². The Hall–Kier alpha value is -2.12. The van der Waals surface area contributed by atoms with Crippen LogP contribution >= 0.6 is 11.6 Å². The number of fused-ring (bicyclic) bond motifs is 1. The van der Waals surface area contributed by atoms with Crippen LogP contribution in [0.25, 0.3) is 5.65 Å². The van der Waals surface area contributed by atoms with Gasteiger partial charge in [0.05, 0.1) is 5.02 Å². The minimum Gasteiger partial charge on any atom is -0.299 e. The van der Waals surface area contributed by atoms with Crippen molar-refractivity contribution in [3.8, 4) is 0 Å². The maximum Gasteiger partial charge on any atom is 0.264 e. The van der Waals surface area contributed by atoms with Gasteiger partial charge < -0.3 is 0 Å². The molecule has 0 fully saturated rings. The summed E-state index contributed by atoms with van der Waals surface area (Å²) in [4.78, 5) is 8.38. The molecule has 23 heavy (non-hydrogen) atoms. The first-order valence-corrected chi connectivity index (χ1v) is 8.85. The molecule has 1 aromatic carbocycles. The molecule has 0 aliphatic rings. The number of benzene rings is 1. The van der Waals surface area contributed by atoms with E-state index in [0.717, 1.165) is 5.69 Å². The molecule has 0 radical (unpaired) electrons. The van der Waals surface area contributed by atoms with Crippen molar-refractivity contribution in [1.29, 1.82) is 0 Å². The standard InChI is InChI=1S/C15H15ClN4O2S/c1-10(2)12-9-18-15-14(17-7-8-20(12)15)19-23(21,22)13-6-4-3-5-11(13)16/h3-10H,1-2H3,(H,17,19). The summed E-state index contributed by atoms with van der Waals surface area (Å²) in [5.74, 6) is 0.416. The number of hydrogen-bond acceptors (Lipinski definition) is 4. The van der Waals surface area contributed by atoms with Crippen LogP contribution in [0, 0.1) is 0 Å². The number of aromatic nitrogens is 3. The third-order valence-corrected chi connectivity index (χ3v) is 5.24. The van der Waals surface area contributed by atoms with Gasteiger partial charge in [-0.25, -0.2) is 18.4 Å². The van der Waals surface area contributed by atoms with Gasteiger partial charge in [-0.3, -0.25) is 9.12 Å². The molecule has 0 saturated carbocycles. The van der Waals surface area contributed by atoms with E-state index in [9.17, 15) is 8.42 Å². The van der Waals surface area contributed by atoms with Gasteiger partial charge in [0.15, 0.2) is 11.5 Å². The van der Waals surface area contributed by atoms with Crippen molar-refractivity contribution in [3.05, 3.63) is 53.6 Å². The number of nitrogens with zero attached hydrogens (tertiary/aromatic N) is 3. The molecule has 0 aliphatic heterocycles. The van der Waals surface area contributed by atoms with E-state index in [1.807, 2.05) is 18.2 Å². The van der Waals surface area contributed by atoms with Crippen molar-refractivity contribution in [2.45, 2.75) is 24.7 Å². The van der Waals surface area contributed by atoms with E-state index in [2.05, 4.69) is 14.7 Å². The van der Waals surface area contributed by atoms with Crippen LogP contribution in [0.15, 0.2) is 47.8 Å². The van der Waals surface area contributed by atoms with Gasteiger partial charge in [-0.15, -0.1) is 0 Å². The number of imidazole rings is 1. The van der Waals surface area contributed by atoms with E-state index in [1.54, 1.807) is 24.5 Å². The Morgan fingerprint density at radius 1 is 1.22 bits per heavy atom. The summed E-state index contributed by atoms with van der Waals surface area (Å²) in [6.07, 6.45) is 5.00. The lowest BCUT2D eigenvalue weighted by Gasteiger charge is -2.10. The second kappa shape index (κ2) is 5.82. The maximum atomic E-state index is 12.5. The van der Waals surface area contributed by atoms with Crippen LogP contribution in [0.3, 0.4) is 0 Å². The molecule has 0 amide bonds. The molecule has 6 nitrogen and oxygen atoms in total. The largest absolute Gasteiger partial charge is 0.299 e. The SMILES string of the molecule is CC(C)c1cnc2c(NS(=O)(=O)c3ccccc3Cl)nccn12. The van der Waals surface area contributed by atoms with Crippen molar-refractivity contribution in [1.82, 2.24) is 14.4 Å². The minimum absolute atomic E-state index is 0.00103. The lowest BCUT2D eigenvalue weighted by molar-refractivity contribution is 0.601.